The Morgan fingerprint density at radius 2 is 2.12 bits per heavy atom. The van der Waals surface area contributed by atoms with Crippen molar-refractivity contribution in [2.24, 2.45) is 5.92 Å². The van der Waals surface area contributed by atoms with Crippen LogP contribution in [0.3, 0.4) is 0 Å². The Hall–Kier alpha value is -0.120. The molecule has 2 aliphatic heterocycles. The highest BCUT2D eigenvalue weighted by molar-refractivity contribution is 4.81. The maximum absolute atomic E-state index is 10.2. The summed E-state index contributed by atoms with van der Waals surface area (Å²) in [5, 5.41) is 10.2. The minimum atomic E-state index is -0.177. The number of hydrogen-bond acceptors (Lipinski definition) is 3. The molecule has 0 aliphatic carbocycles. The summed E-state index contributed by atoms with van der Waals surface area (Å²) >= 11 is 0. The van der Waals surface area contributed by atoms with Crippen LogP contribution in [-0.2, 0) is 9.47 Å². The molecule has 17 heavy (non-hydrogen) atoms. The van der Waals surface area contributed by atoms with Crippen molar-refractivity contribution >= 4 is 0 Å². The molecule has 3 heteroatoms. The van der Waals surface area contributed by atoms with E-state index in [2.05, 4.69) is 6.92 Å². The molecule has 4 atom stereocenters. The van der Waals surface area contributed by atoms with Crippen LogP contribution >= 0.6 is 0 Å². The van der Waals surface area contributed by atoms with E-state index in [1.54, 1.807) is 0 Å². The molecule has 0 radical (unpaired) electrons. The van der Waals surface area contributed by atoms with Gasteiger partial charge >= 0.3 is 0 Å². The predicted octanol–water partition coefficient (Wildman–Crippen LogP) is 2.51. The van der Waals surface area contributed by atoms with Crippen LogP contribution < -0.4 is 0 Å². The molecule has 2 aliphatic rings. The van der Waals surface area contributed by atoms with E-state index in [9.17, 15) is 5.11 Å². The van der Waals surface area contributed by atoms with Gasteiger partial charge in [0.2, 0.25) is 0 Å². The fraction of sp³-hybridized carbons (Fsp3) is 1.00. The number of aliphatic hydroxyl groups is 1. The smallest absolute Gasteiger partial charge is 0.0626 e. The first-order valence-corrected chi connectivity index (χ1v) is 7.22. The average molecular weight is 242 g/mol. The van der Waals surface area contributed by atoms with Gasteiger partial charge in [0.05, 0.1) is 18.3 Å². The number of ether oxygens (including phenoxy) is 2. The molecule has 0 aromatic heterocycles. The molecular formula is C14H26O3. The predicted molar refractivity (Wildman–Crippen MR) is 67.0 cm³/mol. The maximum Gasteiger partial charge on any atom is 0.0626 e. The topological polar surface area (TPSA) is 38.7 Å². The summed E-state index contributed by atoms with van der Waals surface area (Å²) in [6, 6.07) is 0. The fourth-order valence-corrected chi connectivity index (χ4v) is 3.17. The normalized spacial score (nSPS) is 35.3. The van der Waals surface area contributed by atoms with Gasteiger partial charge < -0.3 is 14.6 Å². The molecule has 4 unspecified atom stereocenters. The van der Waals surface area contributed by atoms with Crippen molar-refractivity contribution in [2.45, 2.75) is 70.2 Å². The highest BCUT2D eigenvalue weighted by atomic mass is 16.5. The van der Waals surface area contributed by atoms with E-state index in [1.165, 1.54) is 12.8 Å². The zero-order chi connectivity index (χ0) is 12.1. The highest BCUT2D eigenvalue weighted by Gasteiger charge is 2.32. The first-order valence-electron chi connectivity index (χ1n) is 7.22. The van der Waals surface area contributed by atoms with Gasteiger partial charge in [-0.3, -0.25) is 0 Å². The summed E-state index contributed by atoms with van der Waals surface area (Å²) in [6.45, 7) is 3.90. The van der Waals surface area contributed by atoms with E-state index in [-0.39, 0.29) is 12.2 Å². The van der Waals surface area contributed by atoms with E-state index in [4.69, 9.17) is 9.47 Å². The van der Waals surface area contributed by atoms with E-state index in [0.717, 1.165) is 45.3 Å². The fourth-order valence-electron chi connectivity index (χ4n) is 3.17. The number of hydrogen-bond donors (Lipinski definition) is 1. The first kappa shape index (κ1) is 13.3. The molecule has 100 valence electrons. The Labute approximate surface area is 104 Å². The van der Waals surface area contributed by atoms with Gasteiger partial charge in [0, 0.05) is 19.1 Å². The third-order valence-corrected chi connectivity index (χ3v) is 4.21. The van der Waals surface area contributed by atoms with Crippen LogP contribution in [0.4, 0.5) is 0 Å². The molecule has 0 amide bonds. The van der Waals surface area contributed by atoms with Gasteiger partial charge in [-0.25, -0.2) is 0 Å². The highest BCUT2D eigenvalue weighted by Crippen LogP contribution is 2.29. The summed E-state index contributed by atoms with van der Waals surface area (Å²) in [7, 11) is 0. The van der Waals surface area contributed by atoms with Crippen LogP contribution in [0.1, 0.15) is 51.9 Å². The van der Waals surface area contributed by atoms with Crippen LogP contribution in [0.5, 0.6) is 0 Å². The lowest BCUT2D eigenvalue weighted by molar-refractivity contribution is 0.0242. The molecule has 3 nitrogen and oxygen atoms in total. The minimum Gasteiger partial charge on any atom is -0.393 e. The molecule has 2 saturated heterocycles. The molecule has 2 heterocycles. The Balaban J connectivity index is 1.64. The third-order valence-electron chi connectivity index (χ3n) is 4.21. The summed E-state index contributed by atoms with van der Waals surface area (Å²) in [5.74, 6) is 0.365. The second-order valence-electron chi connectivity index (χ2n) is 5.40. The van der Waals surface area contributed by atoms with Gasteiger partial charge in [-0.2, -0.15) is 0 Å². The summed E-state index contributed by atoms with van der Waals surface area (Å²) in [5.41, 5.74) is 0. The minimum absolute atomic E-state index is 0.177. The lowest BCUT2D eigenvalue weighted by Gasteiger charge is -2.23. The van der Waals surface area contributed by atoms with Crippen LogP contribution in [0.2, 0.25) is 0 Å². The summed E-state index contributed by atoms with van der Waals surface area (Å²) in [4.78, 5) is 0. The molecule has 0 saturated carbocycles. The zero-order valence-electron chi connectivity index (χ0n) is 10.9. The van der Waals surface area contributed by atoms with Gasteiger partial charge in [-0.05, 0) is 44.9 Å². The van der Waals surface area contributed by atoms with E-state index in [0.29, 0.717) is 12.0 Å². The number of rotatable bonds is 6. The molecule has 1 N–H and O–H groups in total. The lowest BCUT2D eigenvalue weighted by atomic mass is 9.90. The Morgan fingerprint density at radius 1 is 1.24 bits per heavy atom. The molecule has 0 spiro atoms. The van der Waals surface area contributed by atoms with Crippen molar-refractivity contribution in [3.8, 4) is 0 Å². The van der Waals surface area contributed by atoms with Crippen LogP contribution in [0.15, 0.2) is 0 Å². The molecule has 0 bridgehead atoms. The Morgan fingerprint density at radius 3 is 2.82 bits per heavy atom. The van der Waals surface area contributed by atoms with E-state index in [1.807, 2.05) is 0 Å². The van der Waals surface area contributed by atoms with Crippen molar-refractivity contribution in [2.75, 3.05) is 13.2 Å². The van der Waals surface area contributed by atoms with E-state index >= 15 is 0 Å². The van der Waals surface area contributed by atoms with E-state index < -0.39 is 0 Å². The van der Waals surface area contributed by atoms with Crippen molar-refractivity contribution in [1.82, 2.24) is 0 Å². The average Bonchev–Trinajstić information content (AvgIpc) is 2.99. The van der Waals surface area contributed by atoms with Crippen LogP contribution in [0.25, 0.3) is 0 Å². The third kappa shape index (κ3) is 3.67. The first-order chi connectivity index (χ1) is 8.31. The Bertz CT molecular complexity index is 214. The van der Waals surface area contributed by atoms with Crippen molar-refractivity contribution in [3.63, 3.8) is 0 Å². The van der Waals surface area contributed by atoms with Crippen molar-refractivity contribution in [3.05, 3.63) is 0 Å². The molecule has 0 aromatic rings. The van der Waals surface area contributed by atoms with Gasteiger partial charge in [0.25, 0.3) is 0 Å². The van der Waals surface area contributed by atoms with Crippen molar-refractivity contribution < 1.29 is 14.6 Å². The standard InChI is InChI=1S/C14H26O3/c1-2-14-12(8-10-17-14)13(15)7-3-5-11-6-4-9-16-11/h11-15H,2-10H2,1H3. The maximum atomic E-state index is 10.2. The zero-order valence-corrected chi connectivity index (χ0v) is 10.9. The molecule has 2 rings (SSSR count). The van der Waals surface area contributed by atoms with Gasteiger partial charge in [-0.15, -0.1) is 0 Å². The SMILES string of the molecule is CCC1OCCC1C(O)CCCC1CCCO1. The van der Waals surface area contributed by atoms with Gasteiger partial charge in [-0.1, -0.05) is 6.92 Å². The van der Waals surface area contributed by atoms with Crippen molar-refractivity contribution in [1.29, 1.82) is 0 Å². The second-order valence-corrected chi connectivity index (χ2v) is 5.40. The summed E-state index contributed by atoms with van der Waals surface area (Å²) in [6.07, 6.45) is 8.14. The monoisotopic (exact) mass is 242 g/mol. The quantitative estimate of drug-likeness (QED) is 0.778. The summed E-state index contributed by atoms with van der Waals surface area (Å²) < 4.78 is 11.2. The molecule has 2 fully saturated rings. The lowest BCUT2D eigenvalue weighted by Crippen LogP contribution is -2.28. The van der Waals surface area contributed by atoms with Crippen LogP contribution in [-0.4, -0.2) is 36.6 Å². The van der Waals surface area contributed by atoms with Crippen LogP contribution in [0, 0.1) is 5.92 Å². The molecular weight excluding hydrogens is 216 g/mol. The largest absolute Gasteiger partial charge is 0.393 e. The van der Waals surface area contributed by atoms with Gasteiger partial charge in [0.1, 0.15) is 0 Å². The second kappa shape index (κ2) is 6.72. The molecule has 0 aromatic carbocycles. The number of aliphatic hydroxyl groups excluding tert-OH is 1. The Kier molecular flexibility index (Phi) is 5.26. The van der Waals surface area contributed by atoms with Gasteiger partial charge in [0.15, 0.2) is 0 Å².